The number of unbranched alkanes of at least 4 members (excludes halogenated alkanes) is 3. The highest BCUT2D eigenvalue weighted by atomic mass is 16.3. The van der Waals surface area contributed by atoms with E-state index in [-0.39, 0.29) is 0 Å². The highest BCUT2D eigenvalue weighted by Crippen LogP contribution is 2.35. The summed E-state index contributed by atoms with van der Waals surface area (Å²) in [6.45, 7) is 13.3. The predicted octanol–water partition coefficient (Wildman–Crippen LogP) is 6.79. The van der Waals surface area contributed by atoms with E-state index in [4.69, 9.17) is 0 Å². The minimum absolute atomic E-state index is 0.378. The molecule has 0 aromatic heterocycles. The molecule has 1 aromatic carbocycles. The van der Waals surface area contributed by atoms with Gasteiger partial charge in [-0.1, -0.05) is 79.4 Å². The average molecular weight is 305 g/mol. The van der Waals surface area contributed by atoms with Gasteiger partial charge in [0.1, 0.15) is 5.75 Å². The van der Waals surface area contributed by atoms with Gasteiger partial charge in [0.25, 0.3) is 0 Å². The smallest absolute Gasteiger partial charge is 0.122 e. The van der Waals surface area contributed by atoms with Gasteiger partial charge >= 0.3 is 0 Å². The maximum absolute atomic E-state index is 10.4. The molecule has 0 saturated carbocycles. The molecule has 0 unspecified atom stereocenters. The van der Waals surface area contributed by atoms with Crippen LogP contribution in [0.1, 0.15) is 102 Å². The van der Waals surface area contributed by atoms with Crippen molar-refractivity contribution in [3.05, 3.63) is 28.8 Å². The Kier molecular flexibility index (Phi) is 8.00. The van der Waals surface area contributed by atoms with Crippen LogP contribution in [0.25, 0.3) is 0 Å². The predicted molar refractivity (Wildman–Crippen MR) is 97.9 cm³/mol. The molecule has 1 nitrogen and oxygen atoms in total. The lowest BCUT2D eigenvalue weighted by Gasteiger charge is -2.17. The van der Waals surface area contributed by atoms with Crippen LogP contribution in [0.5, 0.6) is 5.75 Å². The fourth-order valence-corrected chi connectivity index (χ4v) is 3.00. The van der Waals surface area contributed by atoms with E-state index in [0.29, 0.717) is 17.6 Å². The first-order valence-corrected chi connectivity index (χ1v) is 9.18. The molecule has 1 heteroatoms. The normalized spacial score (nSPS) is 11.9. The van der Waals surface area contributed by atoms with Crippen LogP contribution in [0, 0.1) is 5.92 Å². The molecule has 0 spiro atoms. The molecule has 0 fully saturated rings. The molecule has 1 N–H and O–H groups in total. The van der Waals surface area contributed by atoms with Crippen molar-refractivity contribution in [1.82, 2.24) is 0 Å². The van der Waals surface area contributed by atoms with E-state index in [1.54, 1.807) is 0 Å². The van der Waals surface area contributed by atoms with Gasteiger partial charge < -0.3 is 5.11 Å². The van der Waals surface area contributed by atoms with Gasteiger partial charge in [-0.25, -0.2) is 0 Å². The van der Waals surface area contributed by atoms with Crippen molar-refractivity contribution in [3.63, 3.8) is 0 Å². The molecule has 0 aliphatic heterocycles. The highest BCUT2D eigenvalue weighted by molar-refractivity contribution is 5.46. The lowest BCUT2D eigenvalue weighted by molar-refractivity contribution is 0.454. The van der Waals surface area contributed by atoms with Gasteiger partial charge in [-0.05, 0) is 47.3 Å². The van der Waals surface area contributed by atoms with Crippen molar-refractivity contribution >= 4 is 0 Å². The molecule has 0 saturated heterocycles. The number of aromatic hydroxyl groups is 1. The Morgan fingerprint density at radius 3 is 1.73 bits per heavy atom. The second kappa shape index (κ2) is 9.22. The van der Waals surface area contributed by atoms with Gasteiger partial charge in [0.15, 0.2) is 0 Å². The molecule has 1 rings (SSSR count). The number of hydrogen-bond acceptors (Lipinski definition) is 1. The lowest BCUT2D eigenvalue weighted by atomic mass is 9.90. The van der Waals surface area contributed by atoms with E-state index in [1.807, 2.05) is 0 Å². The quantitative estimate of drug-likeness (QED) is 0.498. The topological polar surface area (TPSA) is 20.2 Å². The van der Waals surface area contributed by atoms with Crippen molar-refractivity contribution in [2.45, 2.75) is 91.9 Å². The van der Waals surface area contributed by atoms with Crippen LogP contribution < -0.4 is 0 Å². The lowest BCUT2D eigenvalue weighted by Crippen LogP contribution is -1.99. The number of phenols is 1. The SMILES string of the molecule is CC(C)CCCCCCc1cc(C(C)C)c(O)c(C(C)C)c1. The van der Waals surface area contributed by atoms with Gasteiger partial charge in [-0.15, -0.1) is 0 Å². The molecule has 0 heterocycles. The third kappa shape index (κ3) is 6.02. The Hall–Kier alpha value is -0.980. The Morgan fingerprint density at radius 2 is 1.27 bits per heavy atom. The molecular weight excluding hydrogens is 268 g/mol. The molecule has 1 aromatic rings. The second-order valence-electron chi connectivity index (χ2n) is 7.78. The van der Waals surface area contributed by atoms with Gasteiger partial charge in [-0.3, -0.25) is 0 Å². The second-order valence-corrected chi connectivity index (χ2v) is 7.78. The average Bonchev–Trinajstić information content (AvgIpc) is 2.42. The first kappa shape index (κ1) is 19.1. The van der Waals surface area contributed by atoms with E-state index in [0.717, 1.165) is 23.5 Å². The summed E-state index contributed by atoms with van der Waals surface area (Å²) in [6.07, 6.45) is 7.79. The molecule has 0 bridgehead atoms. The molecule has 22 heavy (non-hydrogen) atoms. The highest BCUT2D eigenvalue weighted by Gasteiger charge is 2.14. The van der Waals surface area contributed by atoms with E-state index in [1.165, 1.54) is 37.7 Å². The first-order valence-electron chi connectivity index (χ1n) is 9.18. The van der Waals surface area contributed by atoms with Crippen LogP contribution in [0.4, 0.5) is 0 Å². The summed E-state index contributed by atoms with van der Waals surface area (Å²) in [6, 6.07) is 4.44. The van der Waals surface area contributed by atoms with Gasteiger partial charge in [-0.2, -0.15) is 0 Å². The van der Waals surface area contributed by atoms with Crippen LogP contribution in [0.2, 0.25) is 0 Å². The third-order valence-corrected chi connectivity index (χ3v) is 4.47. The van der Waals surface area contributed by atoms with E-state index in [2.05, 4.69) is 53.7 Å². The van der Waals surface area contributed by atoms with E-state index < -0.39 is 0 Å². The Morgan fingerprint density at radius 1 is 0.773 bits per heavy atom. The first-order chi connectivity index (χ1) is 10.3. The van der Waals surface area contributed by atoms with E-state index >= 15 is 0 Å². The molecular formula is C21H36O. The standard InChI is InChI=1S/C21H36O/c1-15(2)11-9-7-8-10-12-18-13-19(16(3)4)21(22)20(14-18)17(5)6/h13-17,22H,7-12H2,1-6H3. The maximum atomic E-state index is 10.4. The summed E-state index contributed by atoms with van der Waals surface area (Å²) < 4.78 is 0. The summed E-state index contributed by atoms with van der Waals surface area (Å²) in [5.74, 6) is 2.11. The van der Waals surface area contributed by atoms with Crippen molar-refractivity contribution in [2.75, 3.05) is 0 Å². The van der Waals surface area contributed by atoms with Gasteiger partial charge in [0.05, 0.1) is 0 Å². The zero-order valence-corrected chi connectivity index (χ0v) is 15.6. The molecule has 126 valence electrons. The van der Waals surface area contributed by atoms with Crippen LogP contribution in [0.15, 0.2) is 12.1 Å². The van der Waals surface area contributed by atoms with Crippen LogP contribution >= 0.6 is 0 Å². The number of hydrogen-bond donors (Lipinski definition) is 1. The van der Waals surface area contributed by atoms with Crippen molar-refractivity contribution in [2.24, 2.45) is 5.92 Å². The largest absolute Gasteiger partial charge is 0.507 e. The molecule has 0 aliphatic carbocycles. The van der Waals surface area contributed by atoms with Crippen molar-refractivity contribution < 1.29 is 5.11 Å². The minimum Gasteiger partial charge on any atom is -0.507 e. The van der Waals surface area contributed by atoms with Gasteiger partial charge in [0, 0.05) is 0 Å². The molecule has 0 atom stereocenters. The van der Waals surface area contributed by atoms with E-state index in [9.17, 15) is 5.11 Å². The summed E-state index contributed by atoms with van der Waals surface area (Å²) in [5, 5.41) is 10.4. The Labute approximate surface area is 138 Å². The van der Waals surface area contributed by atoms with Crippen molar-refractivity contribution in [3.8, 4) is 5.75 Å². The van der Waals surface area contributed by atoms with Crippen LogP contribution in [-0.2, 0) is 6.42 Å². The Balaban J connectivity index is 2.63. The van der Waals surface area contributed by atoms with Crippen LogP contribution in [0.3, 0.4) is 0 Å². The third-order valence-electron chi connectivity index (χ3n) is 4.47. The number of phenolic OH excluding ortho intramolecular Hbond substituents is 1. The fourth-order valence-electron chi connectivity index (χ4n) is 3.00. The number of aryl methyl sites for hydroxylation is 1. The zero-order valence-electron chi connectivity index (χ0n) is 15.6. The van der Waals surface area contributed by atoms with Gasteiger partial charge in [0.2, 0.25) is 0 Å². The van der Waals surface area contributed by atoms with Crippen molar-refractivity contribution in [1.29, 1.82) is 0 Å². The summed E-state index contributed by atoms with van der Waals surface area (Å²) in [4.78, 5) is 0. The summed E-state index contributed by atoms with van der Waals surface area (Å²) in [7, 11) is 0. The molecule has 0 radical (unpaired) electrons. The summed E-state index contributed by atoms with van der Waals surface area (Å²) >= 11 is 0. The molecule has 0 amide bonds. The number of rotatable bonds is 9. The number of benzene rings is 1. The maximum Gasteiger partial charge on any atom is 0.122 e. The Bertz CT molecular complexity index is 414. The summed E-state index contributed by atoms with van der Waals surface area (Å²) in [5.41, 5.74) is 3.62. The molecule has 0 aliphatic rings. The zero-order chi connectivity index (χ0) is 16.7. The van der Waals surface area contributed by atoms with Crippen LogP contribution in [-0.4, -0.2) is 5.11 Å². The monoisotopic (exact) mass is 304 g/mol. The fraction of sp³-hybridized carbons (Fsp3) is 0.714. The minimum atomic E-state index is 0.378.